The van der Waals surface area contributed by atoms with Crippen LogP contribution in [0, 0.1) is 16.0 Å². The van der Waals surface area contributed by atoms with Crippen molar-refractivity contribution in [2.75, 3.05) is 13.1 Å². The van der Waals surface area contributed by atoms with E-state index in [1.165, 1.54) is 11.0 Å². The van der Waals surface area contributed by atoms with Crippen LogP contribution in [0.5, 0.6) is 0 Å². The number of nitrogens with two attached hydrogens (primary N) is 1. The van der Waals surface area contributed by atoms with E-state index < -0.39 is 17.0 Å². The first kappa shape index (κ1) is 22.7. The highest BCUT2D eigenvalue weighted by Gasteiger charge is 2.20. The van der Waals surface area contributed by atoms with Crippen LogP contribution in [0.4, 0.5) is 0 Å². The monoisotopic (exact) mass is 398 g/mol. The SMILES string of the molecule is CC(C)CCNC(=O)[C@H](CCCN=C(N)N[N+](=O)[O-])NC(=O)Cn1cnnn1. The number of guanidine groups is 1. The van der Waals surface area contributed by atoms with Crippen LogP contribution in [0.2, 0.25) is 0 Å². The van der Waals surface area contributed by atoms with Gasteiger partial charge < -0.3 is 16.4 Å². The molecular weight excluding hydrogens is 372 g/mol. The van der Waals surface area contributed by atoms with E-state index in [1.54, 1.807) is 5.43 Å². The second-order valence-electron chi connectivity index (χ2n) is 6.38. The van der Waals surface area contributed by atoms with Crippen molar-refractivity contribution in [2.45, 2.75) is 45.7 Å². The molecule has 0 aliphatic heterocycles. The minimum atomic E-state index is -0.816. The molecule has 1 aromatic heterocycles. The topological polar surface area (TPSA) is 195 Å². The Morgan fingerprint density at radius 2 is 2.11 bits per heavy atom. The molecule has 0 aromatic carbocycles. The van der Waals surface area contributed by atoms with Crippen LogP contribution in [-0.4, -0.2) is 62.1 Å². The fourth-order valence-corrected chi connectivity index (χ4v) is 2.14. The number of nitrogens with zero attached hydrogens (tertiary/aromatic N) is 6. The maximum Gasteiger partial charge on any atom is 0.251 e. The first-order valence-electron chi connectivity index (χ1n) is 8.76. The number of nitrogens with one attached hydrogen (secondary N) is 3. The molecule has 14 heteroatoms. The molecule has 1 atom stereocenters. The first-order valence-corrected chi connectivity index (χ1v) is 8.76. The van der Waals surface area contributed by atoms with Crippen molar-refractivity contribution in [3.05, 3.63) is 16.4 Å². The lowest BCUT2D eigenvalue weighted by Gasteiger charge is -2.18. The number of carbonyl (C=O) groups is 2. The lowest BCUT2D eigenvalue weighted by molar-refractivity contribution is -0.525. The van der Waals surface area contributed by atoms with Crippen LogP contribution < -0.4 is 21.8 Å². The van der Waals surface area contributed by atoms with Crippen molar-refractivity contribution in [3.63, 3.8) is 0 Å². The number of amides is 2. The second kappa shape index (κ2) is 12.1. The molecule has 0 saturated heterocycles. The molecule has 0 aliphatic rings. The number of carbonyl (C=O) groups excluding carboxylic acids is 2. The molecule has 0 spiro atoms. The maximum absolute atomic E-state index is 12.4. The van der Waals surface area contributed by atoms with Gasteiger partial charge in [-0.3, -0.25) is 9.59 Å². The van der Waals surface area contributed by atoms with E-state index in [2.05, 4.69) is 31.2 Å². The third-order valence-electron chi connectivity index (χ3n) is 3.51. The Balaban J connectivity index is 2.56. The predicted octanol–water partition coefficient (Wildman–Crippen LogP) is -1.80. The summed E-state index contributed by atoms with van der Waals surface area (Å²) in [6.07, 6.45) is 2.76. The summed E-state index contributed by atoms with van der Waals surface area (Å²) in [5.41, 5.74) is 7.06. The number of aliphatic imine (C=N–C) groups is 1. The lowest BCUT2D eigenvalue weighted by Crippen LogP contribution is -2.48. The van der Waals surface area contributed by atoms with Crippen molar-refractivity contribution in [1.82, 2.24) is 36.3 Å². The number of aromatic nitrogens is 4. The number of hydrogen-bond donors (Lipinski definition) is 4. The number of tetrazole rings is 1. The molecule has 0 bridgehead atoms. The smallest absolute Gasteiger partial charge is 0.251 e. The standard InChI is InChI=1S/C14H26N10O4/c1-10(2)5-7-16-13(26)11(4-3-6-17-14(15)20-24(27)28)19-12(25)8-23-9-18-21-22-23/h9-11H,3-8H2,1-2H3,(H,16,26)(H,19,25)(H3,15,17,20)/t11-/m0/s1. The summed E-state index contributed by atoms with van der Waals surface area (Å²) in [5, 5.41) is 25.3. The van der Waals surface area contributed by atoms with Gasteiger partial charge in [0.15, 0.2) is 5.03 Å². The summed E-state index contributed by atoms with van der Waals surface area (Å²) in [4.78, 5) is 38.6. The van der Waals surface area contributed by atoms with Crippen molar-refractivity contribution >= 4 is 17.8 Å². The molecule has 1 heterocycles. The quantitative estimate of drug-likeness (QED) is 0.103. The van der Waals surface area contributed by atoms with Gasteiger partial charge in [0.25, 0.3) is 5.96 Å². The zero-order valence-corrected chi connectivity index (χ0v) is 15.9. The summed E-state index contributed by atoms with van der Waals surface area (Å²) >= 11 is 0. The zero-order valence-electron chi connectivity index (χ0n) is 15.9. The van der Waals surface area contributed by atoms with Gasteiger partial charge in [-0.1, -0.05) is 19.3 Å². The highest BCUT2D eigenvalue weighted by Crippen LogP contribution is 2.01. The van der Waals surface area contributed by atoms with Crippen LogP contribution in [0.3, 0.4) is 0 Å². The number of rotatable bonds is 12. The van der Waals surface area contributed by atoms with Gasteiger partial charge in [-0.05, 0) is 35.6 Å². The Morgan fingerprint density at radius 1 is 1.36 bits per heavy atom. The van der Waals surface area contributed by atoms with E-state index >= 15 is 0 Å². The average Bonchev–Trinajstić information content (AvgIpc) is 3.09. The van der Waals surface area contributed by atoms with Crippen LogP contribution in [0.1, 0.15) is 33.1 Å². The van der Waals surface area contributed by atoms with E-state index in [-0.39, 0.29) is 31.4 Å². The summed E-state index contributed by atoms with van der Waals surface area (Å²) in [7, 11) is 0. The van der Waals surface area contributed by atoms with Gasteiger partial charge in [0.1, 0.15) is 18.9 Å². The van der Waals surface area contributed by atoms with E-state index in [4.69, 9.17) is 5.73 Å². The summed E-state index contributed by atoms with van der Waals surface area (Å²) in [6.45, 7) is 4.61. The average molecular weight is 398 g/mol. The third kappa shape index (κ3) is 9.98. The lowest BCUT2D eigenvalue weighted by atomic mass is 10.1. The molecule has 0 fully saturated rings. The Bertz CT molecular complexity index is 661. The minimum absolute atomic E-state index is 0.124. The predicted molar refractivity (Wildman–Crippen MR) is 98.1 cm³/mol. The van der Waals surface area contributed by atoms with Crippen LogP contribution in [-0.2, 0) is 16.1 Å². The maximum atomic E-state index is 12.4. The molecule has 0 aliphatic carbocycles. The molecular formula is C14H26N10O4. The van der Waals surface area contributed by atoms with E-state index in [0.29, 0.717) is 18.9 Å². The van der Waals surface area contributed by atoms with Gasteiger partial charge in [-0.2, -0.15) is 0 Å². The Kier molecular flexibility index (Phi) is 9.85. The van der Waals surface area contributed by atoms with Crippen LogP contribution >= 0.6 is 0 Å². The second-order valence-corrected chi connectivity index (χ2v) is 6.38. The van der Waals surface area contributed by atoms with Crippen LogP contribution in [0.15, 0.2) is 11.3 Å². The van der Waals surface area contributed by atoms with Gasteiger partial charge >= 0.3 is 0 Å². The van der Waals surface area contributed by atoms with Crippen molar-refractivity contribution in [2.24, 2.45) is 16.6 Å². The molecule has 0 saturated carbocycles. The molecule has 0 radical (unpaired) electrons. The molecule has 28 heavy (non-hydrogen) atoms. The molecule has 156 valence electrons. The molecule has 1 rings (SSSR count). The third-order valence-corrected chi connectivity index (χ3v) is 3.51. The highest BCUT2D eigenvalue weighted by molar-refractivity contribution is 5.87. The van der Waals surface area contributed by atoms with Gasteiger partial charge in [-0.25, -0.2) is 19.8 Å². The van der Waals surface area contributed by atoms with Crippen LogP contribution in [0.25, 0.3) is 0 Å². The molecule has 14 nitrogen and oxygen atoms in total. The number of hydrazine groups is 1. The van der Waals surface area contributed by atoms with Crippen molar-refractivity contribution < 1.29 is 14.6 Å². The molecule has 0 unspecified atom stereocenters. The first-order chi connectivity index (χ1) is 13.3. The van der Waals surface area contributed by atoms with Gasteiger partial charge in [0, 0.05) is 13.1 Å². The Morgan fingerprint density at radius 3 is 2.71 bits per heavy atom. The summed E-state index contributed by atoms with van der Waals surface area (Å²) in [6, 6.07) is -0.781. The molecule has 1 aromatic rings. The van der Waals surface area contributed by atoms with Crippen molar-refractivity contribution in [1.29, 1.82) is 0 Å². The summed E-state index contributed by atoms with van der Waals surface area (Å²) in [5.74, 6) is -0.634. The zero-order chi connectivity index (χ0) is 20.9. The van der Waals surface area contributed by atoms with Gasteiger partial charge in [-0.15, -0.1) is 5.10 Å². The van der Waals surface area contributed by atoms with E-state index in [1.807, 2.05) is 13.8 Å². The van der Waals surface area contributed by atoms with E-state index in [9.17, 15) is 19.7 Å². The minimum Gasteiger partial charge on any atom is -0.365 e. The van der Waals surface area contributed by atoms with Gasteiger partial charge in [0.2, 0.25) is 11.8 Å². The fraction of sp³-hybridized carbons (Fsp3) is 0.714. The molecule has 2 amide bonds. The largest absolute Gasteiger partial charge is 0.365 e. The normalized spacial score (nSPS) is 12.5. The highest BCUT2D eigenvalue weighted by atomic mass is 16.7. The Labute approximate surface area is 161 Å². The Hall–Kier alpha value is -3.32. The molecule has 5 N–H and O–H groups in total. The van der Waals surface area contributed by atoms with Gasteiger partial charge in [0.05, 0.1) is 0 Å². The summed E-state index contributed by atoms with van der Waals surface area (Å²) < 4.78 is 1.23. The number of hydrogen-bond acceptors (Lipinski definition) is 8. The fourth-order valence-electron chi connectivity index (χ4n) is 2.14. The van der Waals surface area contributed by atoms with Crippen molar-refractivity contribution in [3.8, 4) is 0 Å². The number of nitro groups is 1. The van der Waals surface area contributed by atoms with E-state index in [0.717, 1.165) is 6.42 Å².